The first-order valence-corrected chi connectivity index (χ1v) is 10.6. The lowest BCUT2D eigenvalue weighted by atomic mass is 10.1. The van der Waals surface area contributed by atoms with Crippen molar-refractivity contribution in [3.8, 4) is 0 Å². The van der Waals surface area contributed by atoms with Crippen LogP contribution in [0.5, 0.6) is 0 Å². The summed E-state index contributed by atoms with van der Waals surface area (Å²) in [7, 11) is 1.29. The van der Waals surface area contributed by atoms with E-state index in [1.165, 1.54) is 7.11 Å². The number of ether oxygens (including phenoxy) is 1. The van der Waals surface area contributed by atoms with E-state index in [0.717, 1.165) is 22.9 Å². The molecule has 0 spiro atoms. The molecule has 3 rings (SSSR count). The predicted octanol–water partition coefficient (Wildman–Crippen LogP) is 1.42. The van der Waals surface area contributed by atoms with Gasteiger partial charge < -0.3 is 25.7 Å². The summed E-state index contributed by atoms with van der Waals surface area (Å²) in [6.07, 6.45) is 8.13. The van der Waals surface area contributed by atoms with Crippen molar-refractivity contribution >= 4 is 28.7 Å². The molecule has 1 aromatic carbocycles. The molecule has 2 amide bonds. The molecule has 2 aromatic rings. The summed E-state index contributed by atoms with van der Waals surface area (Å²) in [5, 5.41) is 6.60. The normalized spacial score (nSPS) is 21.1. The quantitative estimate of drug-likeness (QED) is 0.380. The minimum absolute atomic E-state index is 0.165. The van der Waals surface area contributed by atoms with Crippen LogP contribution in [0, 0.1) is 0 Å². The Kier molecular flexibility index (Phi) is 7.83. The molecule has 0 aliphatic carbocycles. The second kappa shape index (κ2) is 10.8. The summed E-state index contributed by atoms with van der Waals surface area (Å²) in [6.45, 7) is 1.10. The number of carbonyl (C=O) groups is 3. The summed E-state index contributed by atoms with van der Waals surface area (Å²) in [4.78, 5) is 37.9. The fourth-order valence-electron chi connectivity index (χ4n) is 3.84. The van der Waals surface area contributed by atoms with Gasteiger partial charge in [0.15, 0.2) is 0 Å². The van der Waals surface area contributed by atoms with Crippen molar-refractivity contribution in [3.63, 3.8) is 0 Å². The SMILES string of the molecule is COC(=O)[C@H]1C/C=C\Cn2cc(c3ccccc32)CC(=O)N[C@@H](CCCCN)C(=O)N1. The maximum Gasteiger partial charge on any atom is 0.328 e. The number of aromatic nitrogens is 1. The van der Waals surface area contributed by atoms with Gasteiger partial charge in [0.1, 0.15) is 12.1 Å². The number of hydrogen-bond acceptors (Lipinski definition) is 5. The van der Waals surface area contributed by atoms with Gasteiger partial charge in [-0.1, -0.05) is 30.4 Å². The van der Waals surface area contributed by atoms with Crippen molar-refractivity contribution in [2.75, 3.05) is 13.7 Å². The summed E-state index contributed by atoms with van der Waals surface area (Å²) in [5.74, 6) is -1.16. The molecule has 2 heterocycles. The summed E-state index contributed by atoms with van der Waals surface area (Å²) in [5.41, 5.74) is 7.51. The predicted molar refractivity (Wildman–Crippen MR) is 118 cm³/mol. The zero-order chi connectivity index (χ0) is 22.2. The lowest BCUT2D eigenvalue weighted by molar-refractivity contribution is -0.145. The van der Waals surface area contributed by atoms with E-state index in [9.17, 15) is 14.4 Å². The molecule has 0 fully saturated rings. The zero-order valence-electron chi connectivity index (χ0n) is 17.8. The number of nitrogens with two attached hydrogens (primary N) is 1. The Morgan fingerprint density at radius 3 is 2.77 bits per heavy atom. The summed E-state index contributed by atoms with van der Waals surface area (Å²) >= 11 is 0. The highest BCUT2D eigenvalue weighted by Crippen LogP contribution is 2.22. The molecular weight excluding hydrogens is 396 g/mol. The van der Waals surface area contributed by atoms with Crippen LogP contribution in [0.4, 0.5) is 0 Å². The average Bonchev–Trinajstić information content (AvgIpc) is 3.11. The third-order valence-corrected chi connectivity index (χ3v) is 5.46. The Hall–Kier alpha value is -3.13. The van der Waals surface area contributed by atoms with Gasteiger partial charge in [0.05, 0.1) is 13.5 Å². The van der Waals surface area contributed by atoms with Crippen LogP contribution < -0.4 is 16.4 Å². The van der Waals surface area contributed by atoms with Crippen molar-refractivity contribution in [2.24, 2.45) is 5.73 Å². The number of methoxy groups -OCH3 is 1. The van der Waals surface area contributed by atoms with E-state index in [1.54, 1.807) is 0 Å². The van der Waals surface area contributed by atoms with E-state index in [0.29, 0.717) is 32.4 Å². The van der Waals surface area contributed by atoms with Crippen LogP contribution in [0.3, 0.4) is 0 Å². The largest absolute Gasteiger partial charge is 0.467 e. The third kappa shape index (κ3) is 5.73. The topological polar surface area (TPSA) is 115 Å². The molecule has 166 valence electrons. The number of amides is 2. The fourth-order valence-corrected chi connectivity index (χ4v) is 3.84. The van der Waals surface area contributed by atoms with Gasteiger partial charge in [-0.05, 0) is 43.9 Å². The summed E-state index contributed by atoms with van der Waals surface area (Å²) in [6, 6.07) is 6.36. The van der Waals surface area contributed by atoms with Gasteiger partial charge in [0, 0.05) is 23.6 Å². The Morgan fingerprint density at radius 2 is 2.00 bits per heavy atom. The molecular formula is C23H30N4O4. The van der Waals surface area contributed by atoms with E-state index in [1.807, 2.05) is 42.6 Å². The number of allylic oxidation sites excluding steroid dienone is 1. The van der Waals surface area contributed by atoms with Gasteiger partial charge >= 0.3 is 5.97 Å². The van der Waals surface area contributed by atoms with Gasteiger partial charge in [0.25, 0.3) is 0 Å². The molecule has 0 radical (unpaired) electrons. The molecule has 1 aliphatic heterocycles. The Bertz CT molecular complexity index is 966. The van der Waals surface area contributed by atoms with E-state index in [2.05, 4.69) is 15.2 Å². The number of para-hydroxylation sites is 1. The maximum absolute atomic E-state index is 12.9. The van der Waals surface area contributed by atoms with Crippen molar-refractivity contribution in [1.29, 1.82) is 0 Å². The number of fused-ring (bicyclic) bond motifs is 5. The highest BCUT2D eigenvalue weighted by molar-refractivity contribution is 5.93. The van der Waals surface area contributed by atoms with E-state index >= 15 is 0 Å². The average molecular weight is 427 g/mol. The van der Waals surface area contributed by atoms with Crippen molar-refractivity contribution in [3.05, 3.63) is 48.2 Å². The number of esters is 1. The van der Waals surface area contributed by atoms with Crippen LogP contribution in [-0.4, -0.2) is 48.1 Å². The van der Waals surface area contributed by atoms with Crippen molar-refractivity contribution < 1.29 is 19.1 Å². The second-order valence-corrected chi connectivity index (χ2v) is 7.70. The minimum atomic E-state index is -0.817. The minimum Gasteiger partial charge on any atom is -0.467 e. The Morgan fingerprint density at radius 1 is 1.19 bits per heavy atom. The van der Waals surface area contributed by atoms with E-state index in [-0.39, 0.29) is 12.3 Å². The van der Waals surface area contributed by atoms with Crippen molar-refractivity contribution in [2.45, 2.75) is 50.7 Å². The fraction of sp³-hybridized carbons (Fsp3) is 0.435. The zero-order valence-corrected chi connectivity index (χ0v) is 17.8. The van der Waals surface area contributed by atoms with Crippen LogP contribution in [0.2, 0.25) is 0 Å². The third-order valence-electron chi connectivity index (χ3n) is 5.46. The highest BCUT2D eigenvalue weighted by atomic mass is 16.5. The molecule has 1 aliphatic rings. The Labute approximate surface area is 181 Å². The molecule has 2 bridgehead atoms. The van der Waals surface area contributed by atoms with Gasteiger partial charge in [-0.3, -0.25) is 9.59 Å². The molecule has 0 saturated heterocycles. The summed E-state index contributed by atoms with van der Waals surface area (Å²) < 4.78 is 6.92. The number of rotatable bonds is 5. The maximum atomic E-state index is 12.9. The first kappa shape index (κ1) is 22.6. The van der Waals surface area contributed by atoms with Crippen LogP contribution in [0.25, 0.3) is 10.9 Å². The molecule has 2 atom stereocenters. The number of nitrogens with zero attached hydrogens (tertiary/aromatic N) is 1. The van der Waals surface area contributed by atoms with Gasteiger partial charge in [-0.15, -0.1) is 0 Å². The first-order valence-electron chi connectivity index (χ1n) is 10.6. The molecule has 8 nitrogen and oxygen atoms in total. The Balaban J connectivity index is 1.92. The number of unbranched alkanes of at least 4 members (excludes halogenated alkanes) is 1. The number of benzene rings is 1. The molecule has 0 saturated carbocycles. The number of nitrogens with one attached hydrogen (secondary N) is 2. The van der Waals surface area contributed by atoms with Gasteiger partial charge in [0.2, 0.25) is 11.8 Å². The molecule has 31 heavy (non-hydrogen) atoms. The lowest BCUT2D eigenvalue weighted by Gasteiger charge is -2.22. The van der Waals surface area contributed by atoms with Crippen LogP contribution in [0.15, 0.2) is 42.6 Å². The standard InChI is InChI=1S/C23H30N4O4/c1-31-23(30)19-10-5-7-13-27-15-16(17-8-2-3-11-20(17)27)14-21(28)25-18(22(29)26-19)9-4-6-12-24/h2-3,5,7-8,11,15,18-19H,4,6,9-10,12-14,24H2,1H3,(H,25,28)(H,26,29)/b7-5-/t18-,19+/m0/s1. The lowest BCUT2D eigenvalue weighted by Crippen LogP contribution is -2.52. The molecule has 8 heteroatoms. The molecule has 1 aromatic heterocycles. The van der Waals surface area contributed by atoms with Crippen LogP contribution >= 0.6 is 0 Å². The smallest absolute Gasteiger partial charge is 0.328 e. The number of carbonyl (C=O) groups excluding carboxylic acids is 3. The monoisotopic (exact) mass is 426 g/mol. The van der Waals surface area contributed by atoms with Crippen LogP contribution in [-0.2, 0) is 32.1 Å². The number of hydrogen-bond donors (Lipinski definition) is 3. The highest BCUT2D eigenvalue weighted by Gasteiger charge is 2.27. The second-order valence-electron chi connectivity index (χ2n) is 7.70. The van der Waals surface area contributed by atoms with Crippen molar-refractivity contribution in [1.82, 2.24) is 15.2 Å². The van der Waals surface area contributed by atoms with E-state index in [4.69, 9.17) is 10.5 Å². The van der Waals surface area contributed by atoms with Gasteiger partial charge in [-0.2, -0.15) is 0 Å². The van der Waals surface area contributed by atoms with Crippen LogP contribution in [0.1, 0.15) is 31.2 Å². The first-order chi connectivity index (χ1) is 15.0. The molecule has 0 unspecified atom stereocenters. The van der Waals surface area contributed by atoms with Gasteiger partial charge in [-0.25, -0.2) is 4.79 Å². The molecule has 4 N–H and O–H groups in total. The van der Waals surface area contributed by atoms with E-state index < -0.39 is 24.0 Å².